The Morgan fingerprint density at radius 3 is 2.43 bits per heavy atom. The van der Waals surface area contributed by atoms with E-state index in [1.807, 2.05) is 6.26 Å². The van der Waals surface area contributed by atoms with Crippen LogP contribution < -0.4 is 0 Å². The largest absolute Gasteiger partial charge is 0.634 e. The van der Waals surface area contributed by atoms with Gasteiger partial charge in [-0.1, -0.05) is 0 Å². The molecule has 0 heterocycles. The van der Waals surface area contributed by atoms with Gasteiger partial charge in [-0.05, 0) is 6.26 Å². The van der Waals surface area contributed by atoms with E-state index in [1.165, 1.54) is 11.8 Å². The lowest BCUT2D eigenvalue weighted by atomic mass is 10.3. The maximum Gasteiger partial charge on any atom is 0.634 e. The molecule has 0 saturated heterocycles. The highest BCUT2D eigenvalue weighted by Gasteiger charge is 2.05. The summed E-state index contributed by atoms with van der Waals surface area (Å²) in [5.41, 5.74) is 0. The molecule has 2 N–H and O–H groups in total. The molecule has 0 aromatic carbocycles. The molecule has 0 atom stereocenters. The summed E-state index contributed by atoms with van der Waals surface area (Å²) in [5.74, 6) is 0.317. The van der Waals surface area contributed by atoms with E-state index < -0.39 is 7.32 Å². The topological polar surface area (TPSA) is 49.7 Å². The molecule has 42 valence electrons. The number of thioether (sulfide) groups is 1. The third-order valence-corrected chi connectivity index (χ3v) is 0.707. The van der Waals surface area contributed by atoms with Crippen LogP contribution in [0.4, 0.5) is 0 Å². The SMILES string of the molecule is CSCOB(O)O. The molecule has 0 aliphatic rings. The van der Waals surface area contributed by atoms with E-state index in [2.05, 4.69) is 4.65 Å². The highest BCUT2D eigenvalue weighted by atomic mass is 32.2. The molecule has 0 spiro atoms. The van der Waals surface area contributed by atoms with Crippen LogP contribution in [0.5, 0.6) is 0 Å². The number of hydrogen-bond acceptors (Lipinski definition) is 4. The molecule has 0 aliphatic carbocycles. The number of rotatable bonds is 3. The third-order valence-electron chi connectivity index (χ3n) is 0.335. The summed E-state index contributed by atoms with van der Waals surface area (Å²) in [6.07, 6.45) is 1.81. The molecular weight excluding hydrogens is 115 g/mol. The van der Waals surface area contributed by atoms with E-state index in [4.69, 9.17) is 10.0 Å². The highest BCUT2D eigenvalue weighted by Crippen LogP contribution is 1.90. The second kappa shape index (κ2) is 4.45. The van der Waals surface area contributed by atoms with E-state index in [-0.39, 0.29) is 0 Å². The van der Waals surface area contributed by atoms with Gasteiger partial charge in [-0.25, -0.2) is 0 Å². The van der Waals surface area contributed by atoms with E-state index in [0.29, 0.717) is 5.94 Å². The monoisotopic (exact) mass is 122 g/mol. The fourth-order valence-corrected chi connectivity index (χ4v) is 0.387. The lowest BCUT2D eigenvalue weighted by Gasteiger charge is -1.95. The third kappa shape index (κ3) is 6.29. The lowest BCUT2D eigenvalue weighted by Crippen LogP contribution is -2.15. The van der Waals surface area contributed by atoms with E-state index in [9.17, 15) is 0 Å². The Morgan fingerprint density at radius 2 is 2.29 bits per heavy atom. The first kappa shape index (κ1) is 7.29. The molecule has 5 heteroatoms. The maximum atomic E-state index is 8.00. The normalized spacial score (nSPS) is 9.00. The average molecular weight is 122 g/mol. The summed E-state index contributed by atoms with van der Waals surface area (Å²) in [7, 11) is -1.62. The molecule has 7 heavy (non-hydrogen) atoms. The fraction of sp³-hybridized carbons (Fsp3) is 1.00. The molecule has 0 bridgehead atoms. The van der Waals surface area contributed by atoms with Crippen LogP contribution in [0, 0.1) is 0 Å². The molecule has 0 amide bonds. The highest BCUT2D eigenvalue weighted by molar-refractivity contribution is 7.98. The molecule has 0 fully saturated rings. The Balaban J connectivity index is 2.68. The minimum atomic E-state index is -1.62. The quantitative estimate of drug-likeness (QED) is 0.383. The van der Waals surface area contributed by atoms with E-state index >= 15 is 0 Å². The molecule has 0 aromatic heterocycles. The van der Waals surface area contributed by atoms with E-state index in [1.54, 1.807) is 0 Å². The fourth-order valence-electron chi connectivity index (χ4n) is 0.129. The van der Waals surface area contributed by atoms with Crippen molar-refractivity contribution in [3.8, 4) is 0 Å². The van der Waals surface area contributed by atoms with Crippen molar-refractivity contribution in [1.82, 2.24) is 0 Å². The molecule has 0 saturated carbocycles. The first-order valence-corrected chi connectivity index (χ1v) is 3.13. The Hall–Kier alpha value is 0.295. The van der Waals surface area contributed by atoms with Gasteiger partial charge in [-0.15, -0.1) is 11.8 Å². The van der Waals surface area contributed by atoms with Crippen LogP contribution in [-0.2, 0) is 4.65 Å². The smallest absolute Gasteiger partial charge is 0.402 e. The molecule has 0 aliphatic heterocycles. The van der Waals surface area contributed by atoms with Crippen LogP contribution in [0.25, 0.3) is 0 Å². The zero-order valence-corrected chi connectivity index (χ0v) is 4.81. The Morgan fingerprint density at radius 1 is 1.71 bits per heavy atom. The van der Waals surface area contributed by atoms with Crippen molar-refractivity contribution in [2.24, 2.45) is 0 Å². The van der Waals surface area contributed by atoms with Crippen molar-refractivity contribution in [3.05, 3.63) is 0 Å². The summed E-state index contributed by atoms with van der Waals surface area (Å²) in [5, 5.41) is 16.0. The van der Waals surface area contributed by atoms with E-state index in [0.717, 1.165) is 0 Å². The maximum absolute atomic E-state index is 8.00. The van der Waals surface area contributed by atoms with Crippen molar-refractivity contribution in [2.45, 2.75) is 0 Å². The summed E-state index contributed by atoms with van der Waals surface area (Å²) >= 11 is 1.39. The van der Waals surface area contributed by atoms with Gasteiger partial charge < -0.3 is 14.7 Å². The second-order valence-electron chi connectivity index (χ2n) is 0.899. The summed E-state index contributed by atoms with van der Waals surface area (Å²) in [6.45, 7) is 0. The minimum Gasteiger partial charge on any atom is -0.402 e. The van der Waals surface area contributed by atoms with Gasteiger partial charge in [0.15, 0.2) is 0 Å². The summed E-state index contributed by atoms with van der Waals surface area (Å²) in [4.78, 5) is 0. The summed E-state index contributed by atoms with van der Waals surface area (Å²) in [6, 6.07) is 0. The zero-order chi connectivity index (χ0) is 5.70. The molecule has 0 aromatic rings. The molecule has 3 nitrogen and oxygen atoms in total. The molecular formula is C2H7BO3S. The lowest BCUT2D eigenvalue weighted by molar-refractivity contribution is 0.220. The van der Waals surface area contributed by atoms with Crippen molar-refractivity contribution in [3.63, 3.8) is 0 Å². The van der Waals surface area contributed by atoms with Gasteiger partial charge in [0.25, 0.3) is 0 Å². The van der Waals surface area contributed by atoms with Gasteiger partial charge in [0.1, 0.15) is 0 Å². The Bertz CT molecular complexity index is 41.9. The van der Waals surface area contributed by atoms with Crippen LogP contribution in [0.2, 0.25) is 0 Å². The van der Waals surface area contributed by atoms with Gasteiger partial charge in [-0.2, -0.15) is 0 Å². The van der Waals surface area contributed by atoms with Crippen molar-refractivity contribution in [1.29, 1.82) is 0 Å². The van der Waals surface area contributed by atoms with Crippen molar-refractivity contribution >= 4 is 19.1 Å². The minimum absolute atomic E-state index is 0.317. The zero-order valence-electron chi connectivity index (χ0n) is 4.00. The van der Waals surface area contributed by atoms with Crippen molar-refractivity contribution in [2.75, 3.05) is 12.2 Å². The predicted molar refractivity (Wildman–Crippen MR) is 29.7 cm³/mol. The van der Waals surface area contributed by atoms with Gasteiger partial charge >= 0.3 is 7.32 Å². The Kier molecular flexibility index (Phi) is 4.64. The van der Waals surface area contributed by atoms with Crippen LogP contribution in [-0.4, -0.2) is 29.6 Å². The predicted octanol–water partition coefficient (Wildman–Crippen LogP) is -0.707. The average Bonchev–Trinajstić information content (AvgIpc) is 1.61. The molecule has 0 radical (unpaired) electrons. The molecule has 0 rings (SSSR count). The van der Waals surface area contributed by atoms with Gasteiger partial charge in [0.2, 0.25) is 0 Å². The van der Waals surface area contributed by atoms with Crippen LogP contribution >= 0.6 is 11.8 Å². The molecule has 0 unspecified atom stereocenters. The van der Waals surface area contributed by atoms with Crippen LogP contribution in [0.15, 0.2) is 0 Å². The van der Waals surface area contributed by atoms with Gasteiger partial charge in [0.05, 0.1) is 5.94 Å². The van der Waals surface area contributed by atoms with Gasteiger partial charge in [-0.3, -0.25) is 0 Å². The van der Waals surface area contributed by atoms with Gasteiger partial charge in [0, 0.05) is 0 Å². The first-order chi connectivity index (χ1) is 3.27. The Labute approximate surface area is 46.9 Å². The standard InChI is InChI=1S/C2H7BO3S/c1-7-2-6-3(4)5/h4-5H,2H2,1H3. The first-order valence-electron chi connectivity index (χ1n) is 1.74. The van der Waals surface area contributed by atoms with Crippen LogP contribution in [0.1, 0.15) is 0 Å². The van der Waals surface area contributed by atoms with Crippen molar-refractivity contribution < 1.29 is 14.7 Å². The number of hydrogen-bond donors (Lipinski definition) is 2. The van der Waals surface area contributed by atoms with Crippen LogP contribution in [0.3, 0.4) is 0 Å². The second-order valence-corrected chi connectivity index (χ2v) is 1.71. The summed E-state index contributed by atoms with van der Waals surface area (Å²) < 4.78 is 4.27.